The molecule has 1 N–H and O–H groups in total. The molecule has 0 aliphatic heterocycles. The third-order valence-corrected chi connectivity index (χ3v) is 3.23. The largest absolute Gasteiger partial charge is 0.378 e. The Balaban J connectivity index is 1.71. The molecule has 1 aromatic heterocycles. The quantitative estimate of drug-likeness (QED) is 0.803. The molecule has 90 valence electrons. The molecule has 0 bridgehead atoms. The van der Waals surface area contributed by atoms with E-state index in [1.54, 1.807) is 0 Å². The van der Waals surface area contributed by atoms with Crippen molar-refractivity contribution in [2.45, 2.75) is 45.4 Å². The lowest BCUT2D eigenvalue weighted by Gasteiger charge is -2.35. The number of nitrogens with zero attached hydrogens (tertiary/aromatic N) is 3. The third kappa shape index (κ3) is 2.41. The maximum atomic E-state index is 5.51. The fraction of sp³-hybridized carbons (Fsp3) is 0.818. The van der Waals surface area contributed by atoms with Crippen LogP contribution in [0.3, 0.4) is 0 Å². The van der Waals surface area contributed by atoms with Gasteiger partial charge in [0.25, 0.3) is 0 Å². The van der Waals surface area contributed by atoms with Crippen molar-refractivity contribution in [2.24, 2.45) is 7.05 Å². The summed E-state index contributed by atoms with van der Waals surface area (Å²) in [7, 11) is 2.00. The SMILES string of the molecule is CCOC1CC(NCc2nnc(C)n2C)C1. The summed E-state index contributed by atoms with van der Waals surface area (Å²) in [4.78, 5) is 0. The number of nitrogens with one attached hydrogen (secondary N) is 1. The Hall–Kier alpha value is -0.940. The molecule has 0 spiro atoms. The number of aryl methyl sites for hydroxylation is 1. The number of ether oxygens (including phenoxy) is 1. The van der Waals surface area contributed by atoms with Gasteiger partial charge in [0, 0.05) is 19.7 Å². The molecule has 16 heavy (non-hydrogen) atoms. The third-order valence-electron chi connectivity index (χ3n) is 3.23. The minimum Gasteiger partial charge on any atom is -0.378 e. The maximum absolute atomic E-state index is 5.51. The van der Waals surface area contributed by atoms with E-state index in [1.165, 1.54) is 0 Å². The molecule has 1 aliphatic rings. The van der Waals surface area contributed by atoms with E-state index in [4.69, 9.17) is 4.74 Å². The molecule has 1 aliphatic carbocycles. The molecule has 0 aromatic carbocycles. The van der Waals surface area contributed by atoms with Gasteiger partial charge in [-0.3, -0.25) is 0 Å². The van der Waals surface area contributed by atoms with Crippen LogP contribution in [0.25, 0.3) is 0 Å². The van der Waals surface area contributed by atoms with Crippen molar-refractivity contribution in [3.8, 4) is 0 Å². The summed E-state index contributed by atoms with van der Waals surface area (Å²) in [6.45, 7) is 5.62. The predicted octanol–water partition coefficient (Wildman–Crippen LogP) is 0.781. The molecule has 2 rings (SSSR count). The first-order valence-corrected chi connectivity index (χ1v) is 5.90. The molecule has 1 heterocycles. The Morgan fingerprint density at radius 1 is 1.44 bits per heavy atom. The molecule has 0 radical (unpaired) electrons. The zero-order valence-corrected chi connectivity index (χ0v) is 10.2. The normalized spacial score (nSPS) is 24.4. The Kier molecular flexibility index (Phi) is 3.56. The number of rotatable bonds is 5. The molecule has 0 saturated heterocycles. The van der Waals surface area contributed by atoms with E-state index in [0.29, 0.717) is 12.1 Å². The van der Waals surface area contributed by atoms with Gasteiger partial charge in [-0.2, -0.15) is 0 Å². The number of aromatic nitrogens is 3. The Bertz CT molecular complexity index is 344. The van der Waals surface area contributed by atoms with E-state index in [1.807, 2.05) is 25.5 Å². The summed E-state index contributed by atoms with van der Waals surface area (Å²) in [5, 5.41) is 11.6. The first kappa shape index (κ1) is 11.5. The molecular formula is C11H20N4O. The monoisotopic (exact) mass is 224 g/mol. The van der Waals surface area contributed by atoms with Crippen LogP contribution in [0.15, 0.2) is 0 Å². The fourth-order valence-corrected chi connectivity index (χ4v) is 1.94. The molecule has 1 fully saturated rings. The van der Waals surface area contributed by atoms with Crippen LogP contribution in [-0.4, -0.2) is 33.5 Å². The zero-order chi connectivity index (χ0) is 11.5. The van der Waals surface area contributed by atoms with Crippen molar-refractivity contribution in [1.82, 2.24) is 20.1 Å². The summed E-state index contributed by atoms with van der Waals surface area (Å²) >= 11 is 0. The van der Waals surface area contributed by atoms with Crippen LogP contribution < -0.4 is 5.32 Å². The van der Waals surface area contributed by atoms with E-state index in [2.05, 4.69) is 15.5 Å². The van der Waals surface area contributed by atoms with Crippen LogP contribution in [0.4, 0.5) is 0 Å². The van der Waals surface area contributed by atoms with Gasteiger partial charge in [0.15, 0.2) is 0 Å². The van der Waals surface area contributed by atoms with Gasteiger partial charge in [-0.1, -0.05) is 0 Å². The Labute approximate surface area is 96.2 Å². The van der Waals surface area contributed by atoms with Crippen molar-refractivity contribution < 1.29 is 4.74 Å². The topological polar surface area (TPSA) is 52.0 Å². The van der Waals surface area contributed by atoms with E-state index in [9.17, 15) is 0 Å². The van der Waals surface area contributed by atoms with Gasteiger partial charge in [0.1, 0.15) is 11.6 Å². The van der Waals surface area contributed by atoms with Crippen LogP contribution in [0, 0.1) is 6.92 Å². The van der Waals surface area contributed by atoms with Crippen LogP contribution in [0.5, 0.6) is 0 Å². The van der Waals surface area contributed by atoms with E-state index < -0.39 is 0 Å². The number of hydrogen-bond donors (Lipinski definition) is 1. The lowest BCUT2D eigenvalue weighted by atomic mass is 9.89. The maximum Gasteiger partial charge on any atom is 0.146 e. The van der Waals surface area contributed by atoms with Gasteiger partial charge in [-0.05, 0) is 26.7 Å². The molecule has 0 amide bonds. The molecule has 0 atom stereocenters. The van der Waals surface area contributed by atoms with Gasteiger partial charge in [0.05, 0.1) is 12.6 Å². The summed E-state index contributed by atoms with van der Waals surface area (Å²) in [6.07, 6.45) is 2.69. The lowest BCUT2D eigenvalue weighted by molar-refractivity contribution is -0.0104. The van der Waals surface area contributed by atoms with Crippen molar-refractivity contribution >= 4 is 0 Å². The lowest BCUT2D eigenvalue weighted by Crippen LogP contribution is -2.45. The summed E-state index contributed by atoms with van der Waals surface area (Å²) in [6, 6.07) is 0.577. The van der Waals surface area contributed by atoms with Gasteiger partial charge >= 0.3 is 0 Å². The Morgan fingerprint density at radius 2 is 2.19 bits per heavy atom. The fourth-order valence-electron chi connectivity index (χ4n) is 1.94. The second-order valence-corrected chi connectivity index (χ2v) is 4.35. The highest BCUT2D eigenvalue weighted by molar-refractivity contribution is 4.94. The van der Waals surface area contributed by atoms with Crippen LogP contribution in [0.2, 0.25) is 0 Å². The average Bonchev–Trinajstić information content (AvgIpc) is 2.52. The minimum absolute atomic E-state index is 0.462. The molecule has 5 heteroatoms. The summed E-state index contributed by atoms with van der Waals surface area (Å²) in [5.74, 6) is 1.95. The minimum atomic E-state index is 0.462. The second kappa shape index (κ2) is 4.93. The van der Waals surface area contributed by atoms with E-state index in [-0.39, 0.29) is 0 Å². The second-order valence-electron chi connectivity index (χ2n) is 4.35. The standard InChI is InChI=1S/C11H20N4O/c1-4-16-10-5-9(6-10)12-7-11-14-13-8(2)15(11)3/h9-10,12H,4-7H2,1-3H3. The van der Waals surface area contributed by atoms with Crippen LogP contribution >= 0.6 is 0 Å². The van der Waals surface area contributed by atoms with Gasteiger partial charge in [-0.15, -0.1) is 10.2 Å². The predicted molar refractivity (Wildman–Crippen MR) is 61.0 cm³/mol. The number of hydrogen-bond acceptors (Lipinski definition) is 4. The highest BCUT2D eigenvalue weighted by Gasteiger charge is 2.29. The van der Waals surface area contributed by atoms with Crippen molar-refractivity contribution in [3.05, 3.63) is 11.6 Å². The van der Waals surface area contributed by atoms with Gasteiger partial charge in [0.2, 0.25) is 0 Å². The zero-order valence-electron chi connectivity index (χ0n) is 10.2. The summed E-state index contributed by atoms with van der Waals surface area (Å²) in [5.41, 5.74) is 0. The first-order chi connectivity index (χ1) is 7.70. The van der Waals surface area contributed by atoms with Crippen LogP contribution in [-0.2, 0) is 18.3 Å². The van der Waals surface area contributed by atoms with Crippen molar-refractivity contribution in [1.29, 1.82) is 0 Å². The smallest absolute Gasteiger partial charge is 0.146 e. The van der Waals surface area contributed by atoms with Crippen LogP contribution in [0.1, 0.15) is 31.4 Å². The molecular weight excluding hydrogens is 204 g/mol. The van der Waals surface area contributed by atoms with E-state index in [0.717, 1.165) is 37.6 Å². The first-order valence-electron chi connectivity index (χ1n) is 5.90. The highest BCUT2D eigenvalue weighted by Crippen LogP contribution is 2.23. The van der Waals surface area contributed by atoms with Crippen molar-refractivity contribution in [2.75, 3.05) is 6.61 Å². The van der Waals surface area contributed by atoms with Gasteiger partial charge in [-0.25, -0.2) is 0 Å². The average molecular weight is 224 g/mol. The molecule has 1 saturated carbocycles. The summed E-state index contributed by atoms with van der Waals surface area (Å²) < 4.78 is 7.53. The van der Waals surface area contributed by atoms with Crippen molar-refractivity contribution in [3.63, 3.8) is 0 Å². The highest BCUT2D eigenvalue weighted by atomic mass is 16.5. The molecule has 5 nitrogen and oxygen atoms in total. The Morgan fingerprint density at radius 3 is 2.75 bits per heavy atom. The van der Waals surface area contributed by atoms with E-state index >= 15 is 0 Å². The molecule has 1 aromatic rings. The molecule has 0 unspecified atom stereocenters. The van der Waals surface area contributed by atoms with Gasteiger partial charge < -0.3 is 14.6 Å².